The Hall–Kier alpha value is -0.120. The first-order valence-electron chi connectivity index (χ1n) is 5.61. The molecule has 0 aliphatic heterocycles. The van der Waals surface area contributed by atoms with E-state index in [2.05, 4.69) is 13.8 Å². The number of hydrogen-bond donors (Lipinski definition) is 2. The molecule has 0 heterocycles. The van der Waals surface area contributed by atoms with Gasteiger partial charge in [0.1, 0.15) is 0 Å². The van der Waals surface area contributed by atoms with Crippen LogP contribution in [0, 0.1) is 11.8 Å². The monoisotopic (exact) mass is 201 g/mol. The molecule has 1 fully saturated rings. The molecular formula is C11H23NO2. The van der Waals surface area contributed by atoms with E-state index in [1.165, 1.54) is 6.42 Å². The molecule has 1 aliphatic rings. The second kappa shape index (κ2) is 5.69. The Labute approximate surface area is 86.6 Å². The maximum atomic E-state index is 8.75. The predicted octanol–water partition coefficient (Wildman–Crippen LogP) is 1.15. The summed E-state index contributed by atoms with van der Waals surface area (Å²) in [6, 6.07) is -0.218. The average molecular weight is 201 g/mol. The highest BCUT2D eigenvalue weighted by Crippen LogP contribution is 2.30. The number of nitrogens with two attached hydrogens (primary N) is 1. The lowest BCUT2D eigenvalue weighted by atomic mass is 9.80. The Morgan fingerprint density at radius 1 is 1.36 bits per heavy atom. The lowest BCUT2D eigenvalue weighted by molar-refractivity contribution is -0.00873. The molecule has 1 rings (SSSR count). The van der Waals surface area contributed by atoms with E-state index >= 15 is 0 Å². The molecule has 14 heavy (non-hydrogen) atoms. The molecule has 0 bridgehead atoms. The zero-order valence-corrected chi connectivity index (χ0v) is 9.28. The van der Waals surface area contributed by atoms with Crippen molar-refractivity contribution in [2.75, 3.05) is 13.2 Å². The van der Waals surface area contributed by atoms with Gasteiger partial charge in [-0.05, 0) is 31.1 Å². The third-order valence-electron chi connectivity index (χ3n) is 3.33. The van der Waals surface area contributed by atoms with Crippen molar-refractivity contribution in [1.82, 2.24) is 0 Å². The summed E-state index contributed by atoms with van der Waals surface area (Å²) in [5.41, 5.74) is 5.58. The minimum absolute atomic E-state index is 0.0126. The van der Waals surface area contributed by atoms with Crippen molar-refractivity contribution >= 4 is 0 Å². The zero-order chi connectivity index (χ0) is 10.6. The van der Waals surface area contributed by atoms with Gasteiger partial charge in [-0.1, -0.05) is 13.8 Å². The van der Waals surface area contributed by atoms with Crippen LogP contribution in [0.15, 0.2) is 0 Å². The number of aliphatic hydroxyl groups excluding tert-OH is 1. The Bertz CT molecular complexity index is 163. The Morgan fingerprint density at radius 3 is 2.64 bits per heavy atom. The van der Waals surface area contributed by atoms with Crippen molar-refractivity contribution in [2.45, 2.75) is 45.3 Å². The molecule has 4 atom stereocenters. The maximum absolute atomic E-state index is 8.75. The normalized spacial score (nSPS) is 35.6. The third kappa shape index (κ3) is 3.56. The summed E-state index contributed by atoms with van der Waals surface area (Å²) < 4.78 is 5.67. The molecule has 0 amide bonds. The summed E-state index contributed by atoms with van der Waals surface area (Å²) in [5, 5.41) is 8.75. The highest BCUT2D eigenvalue weighted by molar-refractivity contribution is 4.76. The molecule has 84 valence electrons. The van der Waals surface area contributed by atoms with E-state index in [1.54, 1.807) is 0 Å². The van der Waals surface area contributed by atoms with Crippen LogP contribution in [0.2, 0.25) is 0 Å². The molecule has 0 aromatic carbocycles. The summed E-state index contributed by atoms with van der Waals surface area (Å²) in [7, 11) is 0. The van der Waals surface area contributed by atoms with Gasteiger partial charge in [-0.25, -0.2) is 0 Å². The predicted molar refractivity (Wildman–Crippen MR) is 57.0 cm³/mol. The zero-order valence-electron chi connectivity index (χ0n) is 9.28. The van der Waals surface area contributed by atoms with Crippen LogP contribution in [-0.2, 0) is 4.74 Å². The van der Waals surface area contributed by atoms with Crippen molar-refractivity contribution < 1.29 is 9.84 Å². The van der Waals surface area contributed by atoms with Gasteiger partial charge < -0.3 is 15.6 Å². The molecule has 3 N–H and O–H groups in total. The van der Waals surface area contributed by atoms with Gasteiger partial charge in [0.05, 0.1) is 25.4 Å². The lowest BCUT2D eigenvalue weighted by Gasteiger charge is -2.32. The van der Waals surface area contributed by atoms with Crippen LogP contribution < -0.4 is 5.73 Å². The van der Waals surface area contributed by atoms with Crippen molar-refractivity contribution in [2.24, 2.45) is 17.6 Å². The summed E-state index contributed by atoms with van der Waals surface area (Å²) in [6.45, 7) is 5.09. The highest BCUT2D eigenvalue weighted by Gasteiger charge is 2.25. The second-order valence-electron chi connectivity index (χ2n) is 4.67. The quantitative estimate of drug-likeness (QED) is 0.717. The van der Waals surface area contributed by atoms with E-state index in [0.29, 0.717) is 12.7 Å². The van der Waals surface area contributed by atoms with Crippen LogP contribution in [0.5, 0.6) is 0 Å². The number of hydrogen-bond acceptors (Lipinski definition) is 3. The van der Waals surface area contributed by atoms with Gasteiger partial charge in [0, 0.05) is 0 Å². The van der Waals surface area contributed by atoms with E-state index in [0.717, 1.165) is 24.7 Å². The SMILES string of the molecule is CC1CCC(OCC(N)CO)CC1C. The van der Waals surface area contributed by atoms with Gasteiger partial charge >= 0.3 is 0 Å². The van der Waals surface area contributed by atoms with Gasteiger partial charge in [-0.15, -0.1) is 0 Å². The van der Waals surface area contributed by atoms with Crippen molar-refractivity contribution in [1.29, 1.82) is 0 Å². The van der Waals surface area contributed by atoms with Crippen LogP contribution in [0.4, 0.5) is 0 Å². The molecule has 0 radical (unpaired) electrons. The van der Waals surface area contributed by atoms with E-state index in [9.17, 15) is 0 Å². The van der Waals surface area contributed by atoms with E-state index in [1.807, 2.05) is 0 Å². The van der Waals surface area contributed by atoms with Crippen molar-refractivity contribution in [3.63, 3.8) is 0 Å². The van der Waals surface area contributed by atoms with Crippen LogP contribution in [0.25, 0.3) is 0 Å². The summed E-state index contributed by atoms with van der Waals surface area (Å²) in [6.07, 6.45) is 3.89. The van der Waals surface area contributed by atoms with Crippen molar-refractivity contribution in [3.8, 4) is 0 Å². The lowest BCUT2D eigenvalue weighted by Crippen LogP contribution is -2.34. The van der Waals surface area contributed by atoms with E-state index in [-0.39, 0.29) is 12.6 Å². The van der Waals surface area contributed by atoms with Crippen LogP contribution >= 0.6 is 0 Å². The maximum Gasteiger partial charge on any atom is 0.0643 e. The third-order valence-corrected chi connectivity index (χ3v) is 3.33. The standard InChI is InChI=1S/C11H23NO2/c1-8-3-4-11(5-9(8)2)14-7-10(12)6-13/h8-11,13H,3-7,12H2,1-2H3. The Morgan fingerprint density at radius 2 is 2.07 bits per heavy atom. The minimum Gasteiger partial charge on any atom is -0.395 e. The highest BCUT2D eigenvalue weighted by atomic mass is 16.5. The number of aliphatic hydroxyl groups is 1. The molecule has 4 unspecified atom stereocenters. The van der Waals surface area contributed by atoms with Gasteiger partial charge in [-0.2, -0.15) is 0 Å². The van der Waals surface area contributed by atoms with Gasteiger partial charge in [-0.3, -0.25) is 0 Å². The first kappa shape index (κ1) is 12.0. The molecular weight excluding hydrogens is 178 g/mol. The summed E-state index contributed by atoms with van der Waals surface area (Å²) in [5.74, 6) is 1.57. The Balaban J connectivity index is 2.20. The topological polar surface area (TPSA) is 55.5 Å². The molecule has 3 nitrogen and oxygen atoms in total. The number of rotatable bonds is 4. The first-order valence-corrected chi connectivity index (χ1v) is 5.61. The van der Waals surface area contributed by atoms with Crippen molar-refractivity contribution in [3.05, 3.63) is 0 Å². The van der Waals surface area contributed by atoms with Gasteiger partial charge in [0.2, 0.25) is 0 Å². The first-order chi connectivity index (χ1) is 6.63. The Kier molecular flexibility index (Phi) is 4.85. The molecule has 0 spiro atoms. The van der Waals surface area contributed by atoms with Crippen LogP contribution in [-0.4, -0.2) is 30.5 Å². The van der Waals surface area contributed by atoms with E-state index in [4.69, 9.17) is 15.6 Å². The fraction of sp³-hybridized carbons (Fsp3) is 1.00. The minimum atomic E-state index is -0.218. The van der Waals surface area contributed by atoms with Gasteiger partial charge in [0.25, 0.3) is 0 Å². The number of ether oxygens (including phenoxy) is 1. The average Bonchev–Trinajstić information content (AvgIpc) is 2.19. The smallest absolute Gasteiger partial charge is 0.0643 e. The molecule has 1 aliphatic carbocycles. The summed E-state index contributed by atoms with van der Waals surface area (Å²) >= 11 is 0. The van der Waals surface area contributed by atoms with E-state index < -0.39 is 0 Å². The molecule has 3 heteroatoms. The molecule has 0 saturated heterocycles. The fourth-order valence-electron chi connectivity index (χ4n) is 1.96. The fourth-order valence-corrected chi connectivity index (χ4v) is 1.96. The van der Waals surface area contributed by atoms with Gasteiger partial charge in [0.15, 0.2) is 0 Å². The summed E-state index contributed by atoms with van der Waals surface area (Å²) in [4.78, 5) is 0. The largest absolute Gasteiger partial charge is 0.395 e. The molecule has 1 saturated carbocycles. The van der Waals surface area contributed by atoms with Crippen LogP contribution in [0.3, 0.4) is 0 Å². The molecule has 0 aromatic heterocycles. The van der Waals surface area contributed by atoms with Crippen LogP contribution in [0.1, 0.15) is 33.1 Å². The second-order valence-corrected chi connectivity index (χ2v) is 4.67. The molecule has 0 aromatic rings.